The molecule has 2 rings (SSSR count). The third-order valence-corrected chi connectivity index (χ3v) is 4.42. The van der Waals surface area contributed by atoms with Crippen LogP contribution in [0.2, 0.25) is 0 Å². The van der Waals surface area contributed by atoms with E-state index in [9.17, 15) is 9.59 Å². The molecule has 0 aromatic heterocycles. The molecule has 1 unspecified atom stereocenters. The second kappa shape index (κ2) is 7.09. The SMILES string of the molecule is CNC(=O)C1CNCCN1C1CCN(C(=O)N(C)C)CC1. The van der Waals surface area contributed by atoms with Crippen molar-refractivity contribution in [2.24, 2.45) is 0 Å². The summed E-state index contributed by atoms with van der Waals surface area (Å²) in [6, 6.07) is 0.377. The summed E-state index contributed by atoms with van der Waals surface area (Å²) < 4.78 is 0. The summed E-state index contributed by atoms with van der Waals surface area (Å²) in [6.45, 7) is 4.06. The van der Waals surface area contributed by atoms with Crippen molar-refractivity contribution in [1.29, 1.82) is 0 Å². The molecule has 7 nitrogen and oxygen atoms in total. The van der Waals surface area contributed by atoms with E-state index in [0.29, 0.717) is 12.6 Å². The number of carbonyl (C=O) groups excluding carboxylic acids is 2. The zero-order valence-electron chi connectivity index (χ0n) is 13.3. The van der Waals surface area contributed by atoms with Gasteiger partial charge in [0.25, 0.3) is 0 Å². The fourth-order valence-electron chi connectivity index (χ4n) is 3.24. The average Bonchev–Trinajstić information content (AvgIpc) is 2.53. The first-order valence-electron chi connectivity index (χ1n) is 7.69. The largest absolute Gasteiger partial charge is 0.358 e. The highest BCUT2D eigenvalue weighted by atomic mass is 16.2. The molecule has 1 atom stereocenters. The highest BCUT2D eigenvalue weighted by molar-refractivity contribution is 5.82. The lowest BCUT2D eigenvalue weighted by Gasteiger charge is -2.44. The number of piperazine rings is 1. The van der Waals surface area contributed by atoms with Crippen LogP contribution in [0.4, 0.5) is 4.79 Å². The fourth-order valence-corrected chi connectivity index (χ4v) is 3.24. The number of hydrogen-bond acceptors (Lipinski definition) is 4. The maximum absolute atomic E-state index is 12.0. The standard InChI is InChI=1S/C14H27N5O2/c1-15-13(20)12-10-16-6-9-19(12)11-4-7-18(8-5-11)14(21)17(2)3/h11-12,16H,4-10H2,1-3H3,(H,15,20). The minimum atomic E-state index is -0.0927. The first kappa shape index (κ1) is 16.0. The summed E-state index contributed by atoms with van der Waals surface area (Å²) in [6.07, 6.45) is 1.88. The molecule has 3 amide bonds. The van der Waals surface area contributed by atoms with Gasteiger partial charge in [0, 0.05) is 59.9 Å². The van der Waals surface area contributed by atoms with Crippen molar-refractivity contribution in [2.45, 2.75) is 24.9 Å². The Kier molecular flexibility index (Phi) is 5.41. The van der Waals surface area contributed by atoms with Crippen molar-refractivity contribution in [3.8, 4) is 0 Å². The molecule has 120 valence electrons. The van der Waals surface area contributed by atoms with Gasteiger partial charge in [-0.1, -0.05) is 0 Å². The average molecular weight is 297 g/mol. The van der Waals surface area contributed by atoms with Gasteiger partial charge in [-0.2, -0.15) is 0 Å². The number of likely N-dealkylation sites (tertiary alicyclic amines) is 1. The molecular formula is C14H27N5O2. The van der Waals surface area contributed by atoms with Crippen molar-refractivity contribution in [1.82, 2.24) is 25.3 Å². The molecule has 2 aliphatic heterocycles. The number of hydrogen-bond donors (Lipinski definition) is 2. The Hall–Kier alpha value is -1.34. The summed E-state index contributed by atoms with van der Waals surface area (Å²) in [5, 5.41) is 6.04. The Morgan fingerprint density at radius 2 is 1.86 bits per heavy atom. The molecule has 0 saturated carbocycles. The van der Waals surface area contributed by atoms with Crippen molar-refractivity contribution in [3.05, 3.63) is 0 Å². The predicted molar refractivity (Wildman–Crippen MR) is 81.1 cm³/mol. The zero-order chi connectivity index (χ0) is 15.4. The van der Waals surface area contributed by atoms with Crippen molar-refractivity contribution < 1.29 is 9.59 Å². The Morgan fingerprint density at radius 3 is 2.43 bits per heavy atom. The molecule has 2 heterocycles. The summed E-state index contributed by atoms with van der Waals surface area (Å²) in [5.41, 5.74) is 0. The Labute approximate surface area is 126 Å². The number of nitrogens with zero attached hydrogens (tertiary/aromatic N) is 3. The zero-order valence-corrected chi connectivity index (χ0v) is 13.3. The van der Waals surface area contributed by atoms with Gasteiger partial charge >= 0.3 is 6.03 Å². The van der Waals surface area contributed by atoms with E-state index in [2.05, 4.69) is 15.5 Å². The topological polar surface area (TPSA) is 67.9 Å². The van der Waals surface area contributed by atoms with E-state index in [1.807, 2.05) is 4.90 Å². The van der Waals surface area contributed by atoms with E-state index in [0.717, 1.165) is 39.0 Å². The Bertz CT molecular complexity index is 380. The third kappa shape index (κ3) is 3.65. The van der Waals surface area contributed by atoms with E-state index in [-0.39, 0.29) is 18.0 Å². The minimum absolute atomic E-state index is 0.0778. The normalized spacial score (nSPS) is 24.7. The molecule has 0 bridgehead atoms. The van der Waals surface area contributed by atoms with Crippen LogP contribution in [0.3, 0.4) is 0 Å². The highest BCUT2D eigenvalue weighted by Gasteiger charge is 2.35. The monoisotopic (exact) mass is 297 g/mol. The minimum Gasteiger partial charge on any atom is -0.358 e. The number of rotatable bonds is 2. The molecule has 0 radical (unpaired) electrons. The van der Waals surface area contributed by atoms with Crippen molar-refractivity contribution in [2.75, 3.05) is 53.9 Å². The van der Waals surface area contributed by atoms with Crippen LogP contribution >= 0.6 is 0 Å². The van der Waals surface area contributed by atoms with Crippen LogP contribution in [0, 0.1) is 0 Å². The first-order valence-corrected chi connectivity index (χ1v) is 7.69. The second-order valence-electron chi connectivity index (χ2n) is 5.97. The highest BCUT2D eigenvalue weighted by Crippen LogP contribution is 2.20. The van der Waals surface area contributed by atoms with Gasteiger partial charge in [-0.15, -0.1) is 0 Å². The van der Waals surface area contributed by atoms with Crippen molar-refractivity contribution in [3.63, 3.8) is 0 Å². The van der Waals surface area contributed by atoms with E-state index < -0.39 is 0 Å². The predicted octanol–water partition coefficient (Wildman–Crippen LogP) is -0.848. The lowest BCUT2D eigenvalue weighted by molar-refractivity contribution is -0.128. The van der Waals surface area contributed by atoms with Crippen LogP contribution in [0.1, 0.15) is 12.8 Å². The maximum Gasteiger partial charge on any atom is 0.319 e. The number of urea groups is 1. The fraction of sp³-hybridized carbons (Fsp3) is 0.857. The number of piperidine rings is 1. The number of likely N-dealkylation sites (N-methyl/N-ethyl adjacent to an activating group) is 1. The smallest absolute Gasteiger partial charge is 0.319 e. The molecule has 2 N–H and O–H groups in total. The van der Waals surface area contributed by atoms with Crippen LogP contribution in [-0.4, -0.2) is 92.6 Å². The Morgan fingerprint density at radius 1 is 1.19 bits per heavy atom. The lowest BCUT2D eigenvalue weighted by Crippen LogP contribution is -2.62. The number of nitrogens with one attached hydrogen (secondary N) is 2. The summed E-state index contributed by atoms with van der Waals surface area (Å²) >= 11 is 0. The van der Waals surface area contributed by atoms with Crippen LogP contribution in [-0.2, 0) is 4.79 Å². The first-order chi connectivity index (χ1) is 10.0. The Balaban J connectivity index is 1.93. The molecule has 0 spiro atoms. The summed E-state index contributed by atoms with van der Waals surface area (Å²) in [4.78, 5) is 29.8. The second-order valence-corrected chi connectivity index (χ2v) is 5.97. The molecule has 0 aromatic carbocycles. The molecular weight excluding hydrogens is 270 g/mol. The van der Waals surface area contributed by atoms with E-state index in [4.69, 9.17) is 0 Å². The number of amides is 3. The van der Waals surface area contributed by atoms with Gasteiger partial charge in [-0.25, -0.2) is 4.79 Å². The molecule has 2 saturated heterocycles. The van der Waals surface area contributed by atoms with Gasteiger partial charge < -0.3 is 20.4 Å². The van der Waals surface area contributed by atoms with Crippen LogP contribution in [0.5, 0.6) is 0 Å². The van der Waals surface area contributed by atoms with E-state index >= 15 is 0 Å². The molecule has 2 aliphatic rings. The van der Waals surface area contributed by atoms with E-state index in [1.165, 1.54) is 0 Å². The van der Waals surface area contributed by atoms with E-state index in [1.54, 1.807) is 26.0 Å². The molecule has 2 fully saturated rings. The van der Waals surface area contributed by atoms with Gasteiger partial charge in [-0.05, 0) is 12.8 Å². The third-order valence-electron chi connectivity index (χ3n) is 4.42. The molecule has 21 heavy (non-hydrogen) atoms. The maximum atomic E-state index is 12.0. The number of carbonyl (C=O) groups is 2. The quantitative estimate of drug-likeness (QED) is 0.697. The van der Waals surface area contributed by atoms with Crippen LogP contribution in [0.25, 0.3) is 0 Å². The molecule has 7 heteroatoms. The molecule has 0 aliphatic carbocycles. The van der Waals surface area contributed by atoms with Crippen molar-refractivity contribution >= 4 is 11.9 Å². The summed E-state index contributed by atoms with van der Waals surface area (Å²) in [7, 11) is 5.26. The lowest BCUT2D eigenvalue weighted by atomic mass is 9.99. The van der Waals surface area contributed by atoms with Gasteiger partial charge in [0.05, 0.1) is 0 Å². The van der Waals surface area contributed by atoms with Gasteiger partial charge in [0.1, 0.15) is 6.04 Å². The van der Waals surface area contributed by atoms with Crippen LogP contribution < -0.4 is 10.6 Å². The van der Waals surface area contributed by atoms with Gasteiger partial charge in [0.2, 0.25) is 5.91 Å². The van der Waals surface area contributed by atoms with Gasteiger partial charge in [0.15, 0.2) is 0 Å². The van der Waals surface area contributed by atoms with Gasteiger partial charge in [-0.3, -0.25) is 9.69 Å². The van der Waals surface area contributed by atoms with Crippen LogP contribution in [0.15, 0.2) is 0 Å². The molecule has 0 aromatic rings. The summed E-state index contributed by atoms with van der Waals surface area (Å²) in [5.74, 6) is 0.0778.